The number of aromatic nitrogens is 2. The highest BCUT2D eigenvalue weighted by Crippen LogP contribution is 2.23. The number of hydrogen-bond acceptors (Lipinski definition) is 4. The lowest BCUT2D eigenvalue weighted by Gasteiger charge is -2.29. The normalized spacial score (nSPS) is 22.6. The van der Waals surface area contributed by atoms with E-state index in [-0.39, 0.29) is 11.6 Å². The number of carboxylic acid groups (broad SMARTS) is 1. The molecule has 2 rings (SSSR count). The molecule has 1 aliphatic heterocycles. The van der Waals surface area contributed by atoms with E-state index >= 15 is 0 Å². The minimum absolute atomic E-state index is 0.0562. The van der Waals surface area contributed by atoms with Gasteiger partial charge in [0.2, 0.25) is 0 Å². The molecule has 2 heterocycles. The molecule has 1 aromatic heterocycles. The van der Waals surface area contributed by atoms with Crippen LogP contribution in [0.15, 0.2) is 17.6 Å². The first-order valence-electron chi connectivity index (χ1n) is 6.26. The number of sulfonamides is 1. The van der Waals surface area contributed by atoms with E-state index in [1.54, 1.807) is 0 Å². The molecule has 0 aromatic carbocycles. The summed E-state index contributed by atoms with van der Waals surface area (Å²) in [5.74, 6) is -1.09. The lowest BCUT2D eigenvalue weighted by molar-refractivity contribution is -0.141. The van der Waals surface area contributed by atoms with Gasteiger partial charge in [-0.25, -0.2) is 13.4 Å². The van der Waals surface area contributed by atoms with Gasteiger partial charge in [-0.3, -0.25) is 4.79 Å². The maximum absolute atomic E-state index is 12.4. The zero-order valence-corrected chi connectivity index (χ0v) is 11.3. The smallest absolute Gasteiger partial charge is 0.322 e. The number of carbonyl (C=O) groups is 1. The van der Waals surface area contributed by atoms with Crippen molar-refractivity contribution in [2.75, 3.05) is 6.54 Å². The Kier molecular flexibility index (Phi) is 4.20. The van der Waals surface area contributed by atoms with Crippen LogP contribution >= 0.6 is 0 Å². The number of aliphatic carboxylic acids is 1. The van der Waals surface area contributed by atoms with E-state index < -0.39 is 22.0 Å². The van der Waals surface area contributed by atoms with Crippen LogP contribution in [0.3, 0.4) is 0 Å². The van der Waals surface area contributed by atoms with Gasteiger partial charge < -0.3 is 10.1 Å². The molecule has 1 atom stereocenters. The number of nitrogens with one attached hydrogen (secondary N) is 1. The fourth-order valence-corrected chi connectivity index (χ4v) is 3.85. The van der Waals surface area contributed by atoms with E-state index in [9.17, 15) is 18.3 Å². The number of aromatic amines is 1. The minimum Gasteiger partial charge on any atom is -0.480 e. The molecule has 1 aliphatic rings. The van der Waals surface area contributed by atoms with Crippen LogP contribution in [-0.2, 0) is 14.8 Å². The van der Waals surface area contributed by atoms with Gasteiger partial charge in [-0.2, -0.15) is 4.31 Å². The van der Waals surface area contributed by atoms with E-state index in [1.165, 1.54) is 12.5 Å². The predicted molar refractivity (Wildman–Crippen MR) is 67.0 cm³/mol. The number of rotatable bonds is 3. The van der Waals surface area contributed by atoms with E-state index in [4.69, 9.17) is 0 Å². The van der Waals surface area contributed by atoms with E-state index in [1.807, 2.05) is 0 Å². The highest BCUT2D eigenvalue weighted by molar-refractivity contribution is 7.89. The number of H-pyrrole nitrogens is 1. The Morgan fingerprint density at radius 1 is 1.37 bits per heavy atom. The van der Waals surface area contributed by atoms with Crippen molar-refractivity contribution in [2.24, 2.45) is 0 Å². The monoisotopic (exact) mass is 287 g/mol. The first kappa shape index (κ1) is 14.0. The molecule has 0 aliphatic carbocycles. The van der Waals surface area contributed by atoms with Gasteiger partial charge in [0.25, 0.3) is 10.0 Å². The lowest BCUT2D eigenvalue weighted by Crippen LogP contribution is -2.46. The molecule has 1 saturated heterocycles. The van der Waals surface area contributed by atoms with Crippen LogP contribution in [0.25, 0.3) is 0 Å². The maximum Gasteiger partial charge on any atom is 0.322 e. The van der Waals surface area contributed by atoms with Gasteiger partial charge in [-0.05, 0) is 12.8 Å². The highest BCUT2D eigenvalue weighted by atomic mass is 32.2. The molecule has 1 unspecified atom stereocenters. The van der Waals surface area contributed by atoms with E-state index in [2.05, 4.69) is 9.97 Å². The fraction of sp³-hybridized carbons (Fsp3) is 0.636. The molecule has 0 bridgehead atoms. The van der Waals surface area contributed by atoms with Gasteiger partial charge in [0.05, 0.1) is 12.5 Å². The molecule has 106 valence electrons. The number of nitrogens with zero attached hydrogens (tertiary/aromatic N) is 2. The summed E-state index contributed by atoms with van der Waals surface area (Å²) in [6.45, 7) is 0.234. The van der Waals surface area contributed by atoms with Crippen LogP contribution in [0.1, 0.15) is 32.1 Å². The Labute approximate surface area is 111 Å². The van der Waals surface area contributed by atoms with Crippen molar-refractivity contribution in [1.82, 2.24) is 14.3 Å². The lowest BCUT2D eigenvalue weighted by atomic mass is 10.0. The third kappa shape index (κ3) is 2.95. The topological polar surface area (TPSA) is 103 Å². The molecule has 8 heteroatoms. The summed E-state index contributed by atoms with van der Waals surface area (Å²) in [6, 6.07) is -0.992. The van der Waals surface area contributed by atoms with Gasteiger partial charge >= 0.3 is 5.97 Å². The van der Waals surface area contributed by atoms with Crippen molar-refractivity contribution in [1.29, 1.82) is 0 Å². The Morgan fingerprint density at radius 3 is 2.74 bits per heavy atom. The van der Waals surface area contributed by atoms with Crippen LogP contribution in [0.4, 0.5) is 0 Å². The average molecular weight is 287 g/mol. The summed E-state index contributed by atoms with van der Waals surface area (Å²) < 4.78 is 25.9. The van der Waals surface area contributed by atoms with Crippen molar-refractivity contribution < 1.29 is 18.3 Å². The molecule has 7 nitrogen and oxygen atoms in total. The summed E-state index contributed by atoms with van der Waals surface area (Å²) in [6.07, 6.45) is 6.09. The minimum atomic E-state index is -3.82. The van der Waals surface area contributed by atoms with Gasteiger partial charge in [0, 0.05) is 6.54 Å². The molecular weight excluding hydrogens is 270 g/mol. The van der Waals surface area contributed by atoms with Gasteiger partial charge in [-0.1, -0.05) is 19.3 Å². The second-order valence-electron chi connectivity index (χ2n) is 4.59. The van der Waals surface area contributed by atoms with Crippen molar-refractivity contribution in [3.8, 4) is 0 Å². The summed E-state index contributed by atoms with van der Waals surface area (Å²) in [4.78, 5) is 17.5. The van der Waals surface area contributed by atoms with Gasteiger partial charge in [0.15, 0.2) is 5.03 Å². The molecule has 19 heavy (non-hydrogen) atoms. The fourth-order valence-electron chi connectivity index (χ4n) is 2.30. The molecular formula is C11H17N3O4S. The average Bonchev–Trinajstić information content (AvgIpc) is 2.81. The second-order valence-corrected chi connectivity index (χ2v) is 6.45. The van der Waals surface area contributed by atoms with Crippen LogP contribution in [0.5, 0.6) is 0 Å². The Bertz CT molecular complexity index is 526. The highest BCUT2D eigenvalue weighted by Gasteiger charge is 2.36. The molecule has 2 N–H and O–H groups in total. The zero-order valence-electron chi connectivity index (χ0n) is 10.4. The van der Waals surface area contributed by atoms with Gasteiger partial charge in [-0.15, -0.1) is 0 Å². The third-order valence-electron chi connectivity index (χ3n) is 3.30. The first-order valence-corrected chi connectivity index (χ1v) is 7.70. The number of hydrogen-bond donors (Lipinski definition) is 2. The second kappa shape index (κ2) is 5.70. The summed E-state index contributed by atoms with van der Waals surface area (Å²) in [7, 11) is -3.82. The first-order chi connectivity index (χ1) is 9.03. The summed E-state index contributed by atoms with van der Waals surface area (Å²) in [5.41, 5.74) is 0. The van der Waals surface area contributed by atoms with Crippen LogP contribution in [-0.4, -0.2) is 46.4 Å². The summed E-state index contributed by atoms with van der Waals surface area (Å²) >= 11 is 0. The van der Waals surface area contributed by atoms with Crippen molar-refractivity contribution in [3.63, 3.8) is 0 Å². The molecule has 1 aromatic rings. The largest absolute Gasteiger partial charge is 0.480 e. The molecule has 1 fully saturated rings. The molecule has 0 spiro atoms. The standard InChI is InChI=1S/C11H17N3O4S/c15-11(16)9-5-3-1-2-4-6-14(9)19(17,18)10-7-12-8-13-10/h7-9H,1-6H2,(H,12,13)(H,15,16). The molecule has 0 saturated carbocycles. The molecule has 0 radical (unpaired) electrons. The Hall–Kier alpha value is -1.41. The van der Waals surface area contributed by atoms with Crippen molar-refractivity contribution >= 4 is 16.0 Å². The third-order valence-corrected chi connectivity index (χ3v) is 5.13. The predicted octanol–water partition coefficient (Wildman–Crippen LogP) is 0.818. The maximum atomic E-state index is 12.4. The molecule has 0 amide bonds. The van der Waals surface area contributed by atoms with Crippen LogP contribution < -0.4 is 0 Å². The Balaban J connectivity index is 2.34. The Morgan fingerprint density at radius 2 is 2.11 bits per heavy atom. The van der Waals surface area contributed by atoms with Crippen molar-refractivity contribution in [3.05, 3.63) is 12.5 Å². The van der Waals surface area contributed by atoms with E-state index in [0.717, 1.165) is 23.6 Å². The SMILES string of the molecule is O=C(O)C1CCCCCCN1S(=O)(=O)c1cnc[nH]1. The van der Waals surface area contributed by atoms with Crippen LogP contribution in [0.2, 0.25) is 0 Å². The number of carboxylic acids is 1. The quantitative estimate of drug-likeness (QED) is 0.856. The number of imidazole rings is 1. The van der Waals surface area contributed by atoms with Gasteiger partial charge in [0.1, 0.15) is 6.04 Å². The van der Waals surface area contributed by atoms with Crippen molar-refractivity contribution in [2.45, 2.75) is 43.2 Å². The van der Waals surface area contributed by atoms with Crippen LogP contribution in [0, 0.1) is 0 Å². The zero-order chi connectivity index (χ0) is 13.9. The van der Waals surface area contributed by atoms with E-state index in [0.29, 0.717) is 12.8 Å². The summed E-state index contributed by atoms with van der Waals surface area (Å²) in [5, 5.41) is 9.20.